The lowest BCUT2D eigenvalue weighted by Gasteiger charge is -2.27. The number of carboxylic acid groups (broad SMARTS) is 1. The van der Waals surface area contributed by atoms with E-state index in [9.17, 15) is 4.79 Å². The minimum absolute atomic E-state index is 0.248. The van der Waals surface area contributed by atoms with Gasteiger partial charge in [0.05, 0.1) is 5.69 Å². The second-order valence-electron chi connectivity index (χ2n) is 3.61. The predicted molar refractivity (Wildman–Crippen MR) is 67.4 cm³/mol. The highest BCUT2D eigenvalue weighted by Crippen LogP contribution is 2.21. The van der Waals surface area contributed by atoms with Gasteiger partial charge in [0, 0.05) is 31.2 Å². The summed E-state index contributed by atoms with van der Waals surface area (Å²) in [5, 5.41) is 9.05. The highest BCUT2D eigenvalue weighted by Gasteiger charge is 2.16. The predicted octanol–water partition coefficient (Wildman–Crippen LogP) is 1.97. The van der Waals surface area contributed by atoms with Crippen molar-refractivity contribution in [3.8, 4) is 0 Å². The van der Waals surface area contributed by atoms with Crippen molar-refractivity contribution in [2.45, 2.75) is 13.0 Å². The van der Waals surface area contributed by atoms with E-state index in [1.54, 1.807) is 24.0 Å². The lowest BCUT2D eigenvalue weighted by molar-refractivity contribution is 0.0697. The van der Waals surface area contributed by atoms with Crippen molar-refractivity contribution >= 4 is 23.4 Å². The standard InChI is InChI=1S/C11H16N2O2S/c1-8(7-16-3)13(2)10-4-5-12-6-9(10)11(14)15/h4-6,8H,7H2,1-3H3,(H,14,15). The van der Waals surface area contributed by atoms with E-state index in [1.807, 2.05) is 18.2 Å². The third-order valence-corrected chi connectivity index (χ3v) is 3.29. The number of thioether (sulfide) groups is 1. The van der Waals surface area contributed by atoms with Crippen molar-refractivity contribution in [1.29, 1.82) is 0 Å². The first-order valence-electron chi connectivity index (χ1n) is 4.97. The summed E-state index contributed by atoms with van der Waals surface area (Å²) in [4.78, 5) is 16.9. The molecule has 0 aliphatic heterocycles. The summed E-state index contributed by atoms with van der Waals surface area (Å²) >= 11 is 1.74. The molecule has 0 aliphatic rings. The van der Waals surface area contributed by atoms with Crippen LogP contribution in [0.2, 0.25) is 0 Å². The number of nitrogens with zero attached hydrogens (tertiary/aromatic N) is 2. The van der Waals surface area contributed by atoms with Crippen LogP contribution in [0, 0.1) is 0 Å². The van der Waals surface area contributed by atoms with Gasteiger partial charge in [-0.05, 0) is 19.2 Å². The molecule has 4 nitrogen and oxygen atoms in total. The second-order valence-corrected chi connectivity index (χ2v) is 4.52. The average molecular weight is 240 g/mol. The van der Waals surface area contributed by atoms with E-state index in [0.717, 1.165) is 5.75 Å². The molecule has 0 aliphatic carbocycles. The van der Waals surface area contributed by atoms with Crippen LogP contribution in [0.4, 0.5) is 5.69 Å². The summed E-state index contributed by atoms with van der Waals surface area (Å²) in [5.41, 5.74) is 0.960. The molecular formula is C11H16N2O2S. The molecular weight excluding hydrogens is 224 g/mol. The van der Waals surface area contributed by atoms with Crippen LogP contribution in [0.15, 0.2) is 18.5 Å². The molecule has 1 atom stereocenters. The zero-order valence-electron chi connectivity index (χ0n) is 9.67. The Balaban J connectivity index is 2.98. The van der Waals surface area contributed by atoms with E-state index in [-0.39, 0.29) is 11.6 Å². The molecule has 1 N–H and O–H groups in total. The zero-order valence-corrected chi connectivity index (χ0v) is 10.5. The molecule has 1 aromatic rings. The molecule has 1 heterocycles. The molecule has 0 spiro atoms. The van der Waals surface area contributed by atoms with Gasteiger partial charge in [0.25, 0.3) is 0 Å². The first-order valence-corrected chi connectivity index (χ1v) is 6.36. The van der Waals surface area contributed by atoms with Crippen molar-refractivity contribution in [2.75, 3.05) is 24.0 Å². The first kappa shape index (κ1) is 12.8. The summed E-state index contributed by atoms with van der Waals surface area (Å²) in [6.07, 6.45) is 5.04. The molecule has 16 heavy (non-hydrogen) atoms. The van der Waals surface area contributed by atoms with E-state index in [4.69, 9.17) is 5.11 Å². The van der Waals surface area contributed by atoms with E-state index in [0.29, 0.717) is 5.69 Å². The molecule has 1 unspecified atom stereocenters. The molecule has 0 fully saturated rings. The quantitative estimate of drug-likeness (QED) is 0.852. The van der Waals surface area contributed by atoms with Gasteiger partial charge in [0.1, 0.15) is 5.56 Å². The van der Waals surface area contributed by atoms with Gasteiger partial charge >= 0.3 is 5.97 Å². The SMILES string of the molecule is CSCC(C)N(C)c1ccncc1C(=O)O. The molecule has 88 valence electrons. The highest BCUT2D eigenvalue weighted by atomic mass is 32.2. The first-order chi connectivity index (χ1) is 7.57. The summed E-state index contributed by atoms with van der Waals surface area (Å²) in [7, 11) is 1.91. The fraction of sp³-hybridized carbons (Fsp3) is 0.455. The van der Waals surface area contributed by atoms with Gasteiger partial charge in [0.15, 0.2) is 0 Å². The van der Waals surface area contributed by atoms with Gasteiger partial charge in [-0.25, -0.2) is 4.79 Å². The smallest absolute Gasteiger partial charge is 0.339 e. The Morgan fingerprint density at radius 3 is 2.94 bits per heavy atom. The van der Waals surface area contributed by atoms with Gasteiger partial charge in [-0.3, -0.25) is 4.98 Å². The Labute approximate surface area is 99.7 Å². The number of aromatic carboxylic acids is 1. The Bertz CT molecular complexity index is 371. The van der Waals surface area contributed by atoms with Gasteiger partial charge < -0.3 is 10.0 Å². The van der Waals surface area contributed by atoms with Crippen molar-refractivity contribution in [1.82, 2.24) is 4.98 Å². The van der Waals surface area contributed by atoms with E-state index >= 15 is 0 Å². The van der Waals surface area contributed by atoms with Crippen LogP contribution in [0.1, 0.15) is 17.3 Å². The van der Waals surface area contributed by atoms with Crippen LogP contribution >= 0.6 is 11.8 Å². The molecule has 1 rings (SSSR count). The van der Waals surface area contributed by atoms with Crippen LogP contribution < -0.4 is 4.90 Å². The number of carbonyl (C=O) groups is 1. The molecule has 0 bridgehead atoms. The van der Waals surface area contributed by atoms with Crippen molar-refractivity contribution in [2.24, 2.45) is 0 Å². The second kappa shape index (κ2) is 5.75. The molecule has 1 aromatic heterocycles. The number of aromatic nitrogens is 1. The van der Waals surface area contributed by atoms with Crippen molar-refractivity contribution in [3.63, 3.8) is 0 Å². The topological polar surface area (TPSA) is 53.4 Å². The summed E-state index contributed by atoms with van der Waals surface area (Å²) < 4.78 is 0. The largest absolute Gasteiger partial charge is 0.478 e. The maximum Gasteiger partial charge on any atom is 0.339 e. The summed E-state index contributed by atoms with van der Waals surface area (Å²) in [6.45, 7) is 2.07. The Kier molecular flexibility index (Phi) is 4.61. The lowest BCUT2D eigenvalue weighted by Crippen LogP contribution is -2.32. The Morgan fingerprint density at radius 1 is 1.69 bits per heavy atom. The van der Waals surface area contributed by atoms with E-state index in [1.165, 1.54) is 6.20 Å². The molecule has 0 saturated heterocycles. The summed E-state index contributed by atoms with van der Waals surface area (Å²) in [6, 6.07) is 2.02. The maximum atomic E-state index is 11.0. The van der Waals surface area contributed by atoms with E-state index < -0.39 is 5.97 Å². The molecule has 0 saturated carbocycles. The highest BCUT2D eigenvalue weighted by molar-refractivity contribution is 7.98. The fourth-order valence-electron chi connectivity index (χ4n) is 1.45. The molecule has 0 aromatic carbocycles. The number of carboxylic acids is 1. The van der Waals surface area contributed by atoms with Crippen LogP contribution in [0.5, 0.6) is 0 Å². The lowest BCUT2D eigenvalue weighted by atomic mass is 10.2. The summed E-state index contributed by atoms with van der Waals surface area (Å²) in [5.74, 6) is 0.0176. The van der Waals surface area contributed by atoms with E-state index in [2.05, 4.69) is 11.9 Å². The Hall–Kier alpha value is -1.23. The van der Waals surface area contributed by atoms with Gasteiger partial charge in [-0.2, -0.15) is 11.8 Å². The number of anilines is 1. The maximum absolute atomic E-state index is 11.0. The number of hydrogen-bond donors (Lipinski definition) is 1. The zero-order chi connectivity index (χ0) is 12.1. The van der Waals surface area contributed by atoms with Crippen LogP contribution in [0.25, 0.3) is 0 Å². The normalized spacial score (nSPS) is 12.2. The van der Waals surface area contributed by atoms with Crippen LogP contribution in [-0.4, -0.2) is 41.2 Å². The minimum atomic E-state index is -0.939. The fourth-order valence-corrected chi connectivity index (χ4v) is 2.16. The third-order valence-electron chi connectivity index (χ3n) is 2.48. The number of rotatable bonds is 5. The van der Waals surface area contributed by atoms with Gasteiger partial charge in [-0.15, -0.1) is 0 Å². The van der Waals surface area contributed by atoms with Gasteiger partial charge in [-0.1, -0.05) is 0 Å². The van der Waals surface area contributed by atoms with Gasteiger partial charge in [0.2, 0.25) is 0 Å². The van der Waals surface area contributed by atoms with Crippen molar-refractivity contribution < 1.29 is 9.90 Å². The minimum Gasteiger partial charge on any atom is -0.478 e. The number of pyridine rings is 1. The molecule has 0 amide bonds. The molecule has 5 heteroatoms. The average Bonchev–Trinajstić information content (AvgIpc) is 2.28. The molecule has 0 radical (unpaired) electrons. The number of hydrogen-bond acceptors (Lipinski definition) is 4. The van der Waals surface area contributed by atoms with Crippen LogP contribution in [-0.2, 0) is 0 Å². The van der Waals surface area contributed by atoms with Crippen molar-refractivity contribution in [3.05, 3.63) is 24.0 Å². The van der Waals surface area contributed by atoms with Crippen LogP contribution in [0.3, 0.4) is 0 Å². The Morgan fingerprint density at radius 2 is 2.38 bits per heavy atom. The monoisotopic (exact) mass is 240 g/mol. The third kappa shape index (κ3) is 2.88.